The van der Waals surface area contributed by atoms with Crippen molar-refractivity contribution in [1.29, 1.82) is 0 Å². The average molecular weight is 524 g/mol. The number of benzene rings is 1. The Labute approximate surface area is 198 Å². The van der Waals surface area contributed by atoms with Gasteiger partial charge in [0.2, 0.25) is 0 Å². The number of guanidine groups is 1. The second kappa shape index (κ2) is 11.7. The van der Waals surface area contributed by atoms with E-state index in [0.717, 1.165) is 25.6 Å². The second-order valence-corrected chi connectivity index (χ2v) is 8.40. The second-order valence-electron chi connectivity index (χ2n) is 8.40. The number of nitrogens with one attached hydrogen (secondary N) is 1. The van der Waals surface area contributed by atoms with E-state index in [2.05, 4.69) is 82.6 Å². The number of aryl methyl sites for hydroxylation is 1. The Hall–Kier alpha value is -1.61. The lowest BCUT2D eigenvalue weighted by Crippen LogP contribution is -2.45. The molecule has 1 aliphatic heterocycles. The van der Waals surface area contributed by atoms with Crippen LogP contribution >= 0.6 is 24.0 Å². The van der Waals surface area contributed by atoms with Gasteiger partial charge in [0.1, 0.15) is 0 Å². The van der Waals surface area contributed by atoms with Gasteiger partial charge in [0.15, 0.2) is 5.96 Å². The summed E-state index contributed by atoms with van der Waals surface area (Å²) in [6.45, 7) is 8.31. The molecule has 0 spiro atoms. The molecule has 2 aromatic rings. The Morgan fingerprint density at radius 1 is 1.30 bits per heavy atom. The van der Waals surface area contributed by atoms with Crippen LogP contribution in [-0.2, 0) is 20.1 Å². The lowest BCUT2D eigenvalue weighted by atomic mass is 10.1. The van der Waals surface area contributed by atoms with E-state index in [0.29, 0.717) is 12.0 Å². The van der Waals surface area contributed by atoms with Gasteiger partial charge in [0, 0.05) is 58.6 Å². The quantitative estimate of drug-likeness (QED) is 0.340. The van der Waals surface area contributed by atoms with Crippen molar-refractivity contribution in [1.82, 2.24) is 24.9 Å². The Morgan fingerprint density at radius 2 is 2.03 bits per heavy atom. The summed E-state index contributed by atoms with van der Waals surface area (Å²) in [7, 11) is 5.95. The van der Waals surface area contributed by atoms with E-state index in [1.807, 2.05) is 18.8 Å². The zero-order chi connectivity index (χ0) is 20.8. The molecule has 0 amide bonds. The first kappa shape index (κ1) is 24.7. The van der Waals surface area contributed by atoms with E-state index in [1.165, 1.54) is 36.2 Å². The number of hydrogen-bond acceptors (Lipinski definition) is 3. The molecule has 6 nitrogen and oxygen atoms in total. The first-order valence-corrected chi connectivity index (χ1v) is 10.7. The largest absolute Gasteiger partial charge is 0.355 e. The molecule has 3 rings (SSSR count). The van der Waals surface area contributed by atoms with Crippen LogP contribution in [-0.4, -0.2) is 58.8 Å². The molecule has 0 radical (unpaired) electrons. The van der Waals surface area contributed by atoms with Crippen LogP contribution in [0.4, 0.5) is 0 Å². The Bertz CT molecular complexity index is 801. The monoisotopic (exact) mass is 524 g/mol. The topological polar surface area (TPSA) is 48.7 Å². The Balaban J connectivity index is 0.00000320. The van der Waals surface area contributed by atoms with Crippen LogP contribution in [0.2, 0.25) is 0 Å². The minimum atomic E-state index is 0. The molecule has 0 bridgehead atoms. The minimum Gasteiger partial charge on any atom is -0.355 e. The van der Waals surface area contributed by atoms with Crippen molar-refractivity contribution in [2.75, 3.05) is 27.2 Å². The van der Waals surface area contributed by atoms with Gasteiger partial charge in [-0.25, -0.2) is 0 Å². The highest BCUT2D eigenvalue weighted by molar-refractivity contribution is 14.0. The smallest absolute Gasteiger partial charge is 0.193 e. The fourth-order valence-corrected chi connectivity index (χ4v) is 4.24. The summed E-state index contributed by atoms with van der Waals surface area (Å²) in [6, 6.07) is 11.3. The van der Waals surface area contributed by atoms with Crippen LogP contribution in [0.5, 0.6) is 0 Å². The summed E-state index contributed by atoms with van der Waals surface area (Å²) < 4.78 is 1.91. The maximum absolute atomic E-state index is 4.63. The first-order valence-electron chi connectivity index (χ1n) is 10.7. The standard InChI is InChI=1S/C23H36N6.HI/c1-18(2)22-20(17-28(5)26-22)16-27(4)23(24-3)25-14-21-12-9-13-29(21)15-19-10-7-6-8-11-19;/h6-8,10-11,17-18,21H,9,12-16H2,1-5H3,(H,24,25);1H. The molecule has 1 saturated heterocycles. The number of aliphatic imine (C=N–C) groups is 1. The Kier molecular flexibility index (Phi) is 9.61. The molecule has 0 saturated carbocycles. The molecule has 0 aliphatic carbocycles. The normalized spacial score (nSPS) is 17.3. The molecule has 166 valence electrons. The first-order chi connectivity index (χ1) is 14.0. The van der Waals surface area contributed by atoms with Crippen molar-refractivity contribution in [2.45, 2.75) is 51.7 Å². The van der Waals surface area contributed by atoms with Gasteiger partial charge in [-0.1, -0.05) is 44.2 Å². The molecule has 1 aromatic carbocycles. The summed E-state index contributed by atoms with van der Waals surface area (Å²) in [5.41, 5.74) is 3.82. The molecular weight excluding hydrogens is 487 g/mol. The molecule has 1 fully saturated rings. The van der Waals surface area contributed by atoms with Crippen LogP contribution in [0.25, 0.3) is 0 Å². The maximum Gasteiger partial charge on any atom is 0.193 e. The van der Waals surface area contributed by atoms with Gasteiger partial charge in [0.05, 0.1) is 5.69 Å². The fourth-order valence-electron chi connectivity index (χ4n) is 4.24. The van der Waals surface area contributed by atoms with Crippen LogP contribution in [0, 0.1) is 0 Å². The highest BCUT2D eigenvalue weighted by Gasteiger charge is 2.25. The van der Waals surface area contributed by atoms with Crippen molar-refractivity contribution in [3.63, 3.8) is 0 Å². The molecule has 1 atom stereocenters. The van der Waals surface area contributed by atoms with Gasteiger partial charge < -0.3 is 10.2 Å². The number of halogens is 1. The van der Waals surface area contributed by atoms with Crippen molar-refractivity contribution in [3.05, 3.63) is 53.3 Å². The summed E-state index contributed by atoms with van der Waals surface area (Å²) >= 11 is 0. The van der Waals surface area contributed by atoms with Crippen LogP contribution in [0.15, 0.2) is 41.5 Å². The van der Waals surface area contributed by atoms with Gasteiger partial charge in [-0.3, -0.25) is 14.6 Å². The zero-order valence-electron chi connectivity index (χ0n) is 19.0. The molecule has 30 heavy (non-hydrogen) atoms. The fraction of sp³-hybridized carbons (Fsp3) is 0.565. The van der Waals surface area contributed by atoms with E-state index in [4.69, 9.17) is 0 Å². The van der Waals surface area contributed by atoms with Crippen molar-refractivity contribution in [2.24, 2.45) is 12.0 Å². The number of likely N-dealkylation sites (tertiary alicyclic amines) is 1. The predicted molar refractivity (Wildman–Crippen MR) is 135 cm³/mol. The molecule has 7 heteroatoms. The lowest BCUT2D eigenvalue weighted by Gasteiger charge is -2.28. The molecule has 1 aliphatic rings. The molecular formula is C23H37IN6. The predicted octanol–water partition coefficient (Wildman–Crippen LogP) is 3.83. The average Bonchev–Trinajstić information content (AvgIpc) is 3.29. The van der Waals surface area contributed by atoms with E-state index in [1.54, 1.807) is 0 Å². The van der Waals surface area contributed by atoms with Gasteiger partial charge in [-0.05, 0) is 30.9 Å². The van der Waals surface area contributed by atoms with Crippen LogP contribution in [0.1, 0.15) is 49.4 Å². The van der Waals surface area contributed by atoms with E-state index >= 15 is 0 Å². The van der Waals surface area contributed by atoms with Gasteiger partial charge in [-0.2, -0.15) is 5.10 Å². The number of aromatic nitrogens is 2. The highest BCUT2D eigenvalue weighted by atomic mass is 127. The third kappa shape index (κ3) is 6.44. The SMILES string of the molecule is CN=C(NCC1CCCN1Cc1ccccc1)N(C)Cc1cn(C)nc1C(C)C.I. The maximum atomic E-state index is 4.63. The van der Waals surface area contributed by atoms with Crippen LogP contribution < -0.4 is 5.32 Å². The van der Waals surface area contributed by atoms with Crippen molar-refractivity contribution >= 4 is 29.9 Å². The summed E-state index contributed by atoms with van der Waals surface area (Å²) in [4.78, 5) is 9.31. The zero-order valence-corrected chi connectivity index (χ0v) is 21.3. The van der Waals surface area contributed by atoms with Gasteiger partial charge in [-0.15, -0.1) is 24.0 Å². The lowest BCUT2D eigenvalue weighted by molar-refractivity contribution is 0.243. The molecule has 2 heterocycles. The van der Waals surface area contributed by atoms with Gasteiger partial charge >= 0.3 is 0 Å². The van der Waals surface area contributed by atoms with E-state index < -0.39 is 0 Å². The van der Waals surface area contributed by atoms with Crippen molar-refractivity contribution in [3.8, 4) is 0 Å². The number of rotatable bonds is 7. The van der Waals surface area contributed by atoms with Gasteiger partial charge in [0.25, 0.3) is 0 Å². The van der Waals surface area contributed by atoms with Crippen molar-refractivity contribution < 1.29 is 0 Å². The van der Waals surface area contributed by atoms with E-state index in [-0.39, 0.29) is 24.0 Å². The summed E-state index contributed by atoms with van der Waals surface area (Å²) in [5.74, 6) is 1.36. The molecule has 1 N–H and O–H groups in total. The highest BCUT2D eigenvalue weighted by Crippen LogP contribution is 2.20. The molecule has 1 aromatic heterocycles. The summed E-state index contributed by atoms with van der Waals surface area (Å²) in [6.07, 6.45) is 4.62. The Morgan fingerprint density at radius 3 is 2.70 bits per heavy atom. The summed E-state index contributed by atoms with van der Waals surface area (Å²) in [5, 5.41) is 8.24. The van der Waals surface area contributed by atoms with E-state index in [9.17, 15) is 0 Å². The molecule has 1 unspecified atom stereocenters. The number of nitrogens with zero attached hydrogens (tertiary/aromatic N) is 5. The minimum absolute atomic E-state index is 0. The third-order valence-electron chi connectivity index (χ3n) is 5.69. The third-order valence-corrected chi connectivity index (χ3v) is 5.69. The number of hydrogen-bond donors (Lipinski definition) is 1. The van der Waals surface area contributed by atoms with Crippen LogP contribution in [0.3, 0.4) is 0 Å².